The zero-order valence-corrected chi connectivity index (χ0v) is 24.2. The summed E-state index contributed by atoms with van der Waals surface area (Å²) in [5.41, 5.74) is 1.39. The lowest BCUT2D eigenvalue weighted by atomic mass is 9.96. The topological polar surface area (TPSA) is 104 Å². The van der Waals surface area contributed by atoms with Crippen molar-refractivity contribution in [3.8, 4) is 6.07 Å². The highest BCUT2D eigenvalue weighted by Gasteiger charge is 2.66. The molecule has 2 N–H and O–H groups in total. The average molecular weight is 603 g/mol. The highest BCUT2D eigenvalue weighted by Crippen LogP contribution is 2.55. The van der Waals surface area contributed by atoms with Crippen molar-refractivity contribution in [2.45, 2.75) is 58.3 Å². The van der Waals surface area contributed by atoms with Gasteiger partial charge in [0.25, 0.3) is 0 Å². The summed E-state index contributed by atoms with van der Waals surface area (Å²) in [6.07, 6.45) is -0.255. The minimum Gasteiger partial charge on any atom is -0.383 e. The minimum absolute atomic E-state index is 0.0592. The fourth-order valence-corrected chi connectivity index (χ4v) is 5.10. The van der Waals surface area contributed by atoms with Gasteiger partial charge in [0, 0.05) is 30.0 Å². The molecule has 1 aromatic carbocycles. The number of hydrogen-bond donors (Lipinski definition) is 2. The van der Waals surface area contributed by atoms with Crippen molar-refractivity contribution in [3.05, 3.63) is 69.3 Å². The van der Waals surface area contributed by atoms with Crippen LogP contribution in [0.1, 0.15) is 62.0 Å². The number of alkyl halides is 3. The van der Waals surface area contributed by atoms with E-state index in [0.717, 1.165) is 4.68 Å². The summed E-state index contributed by atoms with van der Waals surface area (Å²) in [4.78, 5) is 8.51. The van der Waals surface area contributed by atoms with E-state index in [4.69, 9.17) is 23.2 Å². The van der Waals surface area contributed by atoms with E-state index in [0.29, 0.717) is 50.5 Å². The standard InChI is InChI=1S/C28H27Cl2F3N8/c1-15-18(5-8-35-25(15)30)24(21-13-41(40-39-21)27(6-7-27)28(31,32)33)38-17-9-19-22(37-14-26(2,3)4)16(11-34)12-36-23(19)20(29)10-17/h5,8-10,12-13,24,38H,6-7,14H2,1-4H3,(H,36,37). The van der Waals surface area contributed by atoms with E-state index in [2.05, 4.69) is 57.8 Å². The quantitative estimate of drug-likeness (QED) is 0.212. The zero-order valence-electron chi connectivity index (χ0n) is 22.7. The van der Waals surface area contributed by atoms with Crippen LogP contribution in [-0.4, -0.2) is 37.7 Å². The zero-order chi connectivity index (χ0) is 29.7. The van der Waals surface area contributed by atoms with Gasteiger partial charge in [-0.1, -0.05) is 49.2 Å². The molecule has 214 valence electrons. The molecule has 3 heterocycles. The Kier molecular flexibility index (Phi) is 7.28. The molecule has 1 aliphatic rings. The summed E-state index contributed by atoms with van der Waals surface area (Å²) >= 11 is 13.0. The monoisotopic (exact) mass is 602 g/mol. The number of fused-ring (bicyclic) bond motifs is 1. The lowest BCUT2D eigenvalue weighted by molar-refractivity contribution is -0.182. The Labute approximate surface area is 244 Å². The molecule has 41 heavy (non-hydrogen) atoms. The second-order valence-electron chi connectivity index (χ2n) is 11.4. The first kappa shape index (κ1) is 28.9. The van der Waals surface area contributed by atoms with E-state index in [-0.39, 0.29) is 29.1 Å². The molecular weight excluding hydrogens is 576 g/mol. The Bertz CT molecular complexity index is 1670. The van der Waals surface area contributed by atoms with Crippen LogP contribution in [0.5, 0.6) is 0 Å². The molecule has 5 rings (SSSR count). The maximum atomic E-state index is 13.8. The van der Waals surface area contributed by atoms with E-state index in [9.17, 15) is 18.4 Å². The number of nitrogens with zero attached hydrogens (tertiary/aromatic N) is 6. The molecule has 1 atom stereocenters. The predicted molar refractivity (Wildman–Crippen MR) is 152 cm³/mol. The molecule has 1 saturated carbocycles. The van der Waals surface area contributed by atoms with Crippen LogP contribution in [0.4, 0.5) is 24.5 Å². The molecule has 1 unspecified atom stereocenters. The largest absolute Gasteiger partial charge is 0.413 e. The third kappa shape index (κ3) is 5.51. The minimum atomic E-state index is -4.45. The first-order valence-electron chi connectivity index (χ1n) is 12.9. The molecule has 4 aromatic rings. The third-order valence-corrected chi connectivity index (χ3v) is 7.81. The summed E-state index contributed by atoms with van der Waals surface area (Å²) in [7, 11) is 0. The van der Waals surface area contributed by atoms with Gasteiger partial charge in [-0.2, -0.15) is 18.4 Å². The van der Waals surface area contributed by atoms with Crippen LogP contribution in [-0.2, 0) is 5.54 Å². The lowest BCUT2D eigenvalue weighted by Gasteiger charge is -2.23. The molecule has 1 fully saturated rings. The Morgan fingerprint density at radius 1 is 1.17 bits per heavy atom. The summed E-state index contributed by atoms with van der Waals surface area (Å²) in [6, 6.07) is 6.63. The second-order valence-corrected chi connectivity index (χ2v) is 12.2. The summed E-state index contributed by atoms with van der Waals surface area (Å²) < 4.78 is 42.4. The van der Waals surface area contributed by atoms with Gasteiger partial charge in [0.2, 0.25) is 0 Å². The van der Waals surface area contributed by atoms with E-state index >= 15 is 0 Å². The summed E-state index contributed by atoms with van der Waals surface area (Å²) in [6.45, 7) is 8.56. The van der Waals surface area contributed by atoms with Crippen molar-refractivity contribution in [3.63, 3.8) is 0 Å². The van der Waals surface area contributed by atoms with E-state index in [1.165, 1.54) is 18.6 Å². The number of aromatic nitrogens is 5. The average Bonchev–Trinajstić information content (AvgIpc) is 3.58. The van der Waals surface area contributed by atoms with Crippen molar-refractivity contribution in [1.82, 2.24) is 25.0 Å². The second kappa shape index (κ2) is 10.3. The molecule has 1 aliphatic carbocycles. The molecule has 0 saturated heterocycles. The first-order chi connectivity index (χ1) is 19.2. The number of anilines is 2. The molecular formula is C28H27Cl2F3N8. The van der Waals surface area contributed by atoms with Gasteiger partial charge in [-0.15, -0.1) is 5.10 Å². The van der Waals surface area contributed by atoms with Crippen LogP contribution in [0, 0.1) is 23.7 Å². The van der Waals surface area contributed by atoms with Gasteiger partial charge in [0.05, 0.1) is 34.0 Å². The van der Waals surface area contributed by atoms with Gasteiger partial charge in [-0.05, 0) is 54.5 Å². The number of halogens is 5. The van der Waals surface area contributed by atoms with Crippen LogP contribution in [0.3, 0.4) is 0 Å². The van der Waals surface area contributed by atoms with Crippen LogP contribution >= 0.6 is 23.2 Å². The number of rotatable bonds is 7. The number of pyridine rings is 2. The van der Waals surface area contributed by atoms with Crippen LogP contribution < -0.4 is 10.6 Å². The lowest BCUT2D eigenvalue weighted by Crippen LogP contribution is -2.35. The highest BCUT2D eigenvalue weighted by molar-refractivity contribution is 6.36. The number of nitrogens with one attached hydrogen (secondary N) is 2. The smallest absolute Gasteiger partial charge is 0.383 e. The molecule has 0 aliphatic heterocycles. The number of nitriles is 1. The van der Waals surface area contributed by atoms with Gasteiger partial charge in [-0.3, -0.25) is 4.98 Å². The fraction of sp³-hybridized carbons (Fsp3) is 0.393. The van der Waals surface area contributed by atoms with Gasteiger partial charge in [0.1, 0.15) is 16.9 Å². The normalized spacial score (nSPS) is 15.4. The van der Waals surface area contributed by atoms with Crippen LogP contribution in [0.2, 0.25) is 10.2 Å². The number of hydrogen-bond acceptors (Lipinski definition) is 7. The molecule has 8 nitrogen and oxygen atoms in total. The molecule has 3 aromatic heterocycles. The summed E-state index contributed by atoms with van der Waals surface area (Å²) in [5.74, 6) is 0. The fourth-order valence-electron chi connectivity index (χ4n) is 4.67. The van der Waals surface area contributed by atoms with Gasteiger partial charge < -0.3 is 10.6 Å². The Morgan fingerprint density at radius 2 is 1.90 bits per heavy atom. The van der Waals surface area contributed by atoms with Crippen molar-refractivity contribution < 1.29 is 13.2 Å². The van der Waals surface area contributed by atoms with Gasteiger partial charge in [-0.25, -0.2) is 9.67 Å². The van der Waals surface area contributed by atoms with Crippen molar-refractivity contribution in [2.24, 2.45) is 5.41 Å². The molecule has 0 bridgehead atoms. The van der Waals surface area contributed by atoms with Crippen molar-refractivity contribution in [2.75, 3.05) is 17.2 Å². The molecule has 0 radical (unpaired) electrons. The maximum absolute atomic E-state index is 13.8. The van der Waals surface area contributed by atoms with Crippen molar-refractivity contribution >= 4 is 45.5 Å². The number of benzene rings is 1. The summed E-state index contributed by atoms with van der Waals surface area (Å²) in [5, 5.41) is 25.8. The third-order valence-electron chi connectivity index (χ3n) is 7.14. The van der Waals surface area contributed by atoms with Crippen molar-refractivity contribution in [1.29, 1.82) is 5.26 Å². The highest BCUT2D eigenvalue weighted by atomic mass is 35.5. The van der Waals surface area contributed by atoms with E-state index < -0.39 is 17.8 Å². The molecule has 0 amide bonds. The van der Waals surface area contributed by atoms with E-state index in [1.54, 1.807) is 25.1 Å². The molecule has 0 spiro atoms. The van der Waals surface area contributed by atoms with Crippen LogP contribution in [0.15, 0.2) is 36.8 Å². The van der Waals surface area contributed by atoms with Crippen LogP contribution in [0.25, 0.3) is 10.9 Å². The maximum Gasteiger partial charge on any atom is 0.413 e. The Hall–Kier alpha value is -3.62. The predicted octanol–water partition coefficient (Wildman–Crippen LogP) is 7.42. The van der Waals surface area contributed by atoms with Gasteiger partial charge in [0.15, 0.2) is 5.54 Å². The Morgan fingerprint density at radius 3 is 2.54 bits per heavy atom. The van der Waals surface area contributed by atoms with Gasteiger partial charge >= 0.3 is 6.18 Å². The first-order valence-corrected chi connectivity index (χ1v) is 13.6. The molecule has 13 heteroatoms. The SMILES string of the molecule is Cc1c(C(Nc2cc(Cl)c3ncc(C#N)c(NCC(C)(C)C)c3c2)c2cn(C3(C(F)(F)F)CC3)nn2)ccnc1Cl. The Balaban J connectivity index is 1.62. The van der Waals surface area contributed by atoms with E-state index in [1.807, 2.05) is 0 Å².